The summed E-state index contributed by atoms with van der Waals surface area (Å²) in [4.78, 5) is 19.3. The van der Waals surface area contributed by atoms with Gasteiger partial charge in [0.1, 0.15) is 5.82 Å². The average Bonchev–Trinajstić information content (AvgIpc) is 3.56. The molecule has 9 heteroatoms. The van der Waals surface area contributed by atoms with Gasteiger partial charge in [-0.05, 0) is 56.5 Å². The average molecular weight is 493 g/mol. The van der Waals surface area contributed by atoms with Crippen molar-refractivity contribution in [2.75, 3.05) is 31.6 Å². The van der Waals surface area contributed by atoms with Gasteiger partial charge in [-0.3, -0.25) is 9.78 Å². The van der Waals surface area contributed by atoms with E-state index < -0.39 is 11.7 Å². The fourth-order valence-corrected chi connectivity index (χ4v) is 4.84. The summed E-state index contributed by atoms with van der Waals surface area (Å²) in [5.41, 5.74) is 4.01. The summed E-state index contributed by atoms with van der Waals surface area (Å²) >= 11 is 0. The fraction of sp³-hybridized carbons (Fsp3) is 0.444. The second kappa shape index (κ2) is 10.4. The maximum Gasteiger partial charge on any atom is 0.254 e. The van der Waals surface area contributed by atoms with Crippen molar-refractivity contribution < 1.29 is 14.3 Å². The highest BCUT2D eigenvalue weighted by molar-refractivity contribution is 5.95. The van der Waals surface area contributed by atoms with Gasteiger partial charge in [-0.15, -0.1) is 0 Å². The zero-order valence-electron chi connectivity index (χ0n) is 20.7. The molecule has 5 rings (SSSR count). The van der Waals surface area contributed by atoms with Crippen LogP contribution in [0.1, 0.15) is 42.1 Å². The van der Waals surface area contributed by atoms with Crippen LogP contribution in [-0.4, -0.2) is 69.0 Å². The Morgan fingerprint density at radius 2 is 2.00 bits per heavy atom. The van der Waals surface area contributed by atoms with E-state index >= 15 is 0 Å². The molecule has 1 saturated carbocycles. The Morgan fingerprint density at radius 1 is 1.17 bits per heavy atom. The van der Waals surface area contributed by atoms with Crippen LogP contribution in [0.4, 0.5) is 10.1 Å². The third-order valence-corrected chi connectivity index (χ3v) is 7.20. The quantitative estimate of drug-likeness (QED) is 0.446. The zero-order valence-corrected chi connectivity index (χ0v) is 20.7. The van der Waals surface area contributed by atoms with Gasteiger partial charge in [-0.2, -0.15) is 5.10 Å². The second-order valence-corrected chi connectivity index (χ2v) is 9.88. The summed E-state index contributed by atoms with van der Waals surface area (Å²) in [7, 11) is 0. The number of benzene rings is 1. The molecular formula is C27H33FN6O2. The molecule has 8 nitrogen and oxygen atoms in total. The number of nitrogens with one attached hydrogen (secondary N) is 2. The van der Waals surface area contributed by atoms with Crippen molar-refractivity contribution in [2.24, 2.45) is 5.92 Å². The summed E-state index contributed by atoms with van der Waals surface area (Å²) in [5, 5.41) is 20.8. The van der Waals surface area contributed by atoms with Gasteiger partial charge < -0.3 is 20.6 Å². The van der Waals surface area contributed by atoms with Crippen molar-refractivity contribution in [1.82, 2.24) is 25.0 Å². The van der Waals surface area contributed by atoms with E-state index in [1.165, 1.54) is 6.07 Å². The molecule has 2 aromatic heterocycles. The number of nitrogens with zero attached hydrogens (tertiary/aromatic N) is 4. The third-order valence-electron chi connectivity index (χ3n) is 7.20. The molecule has 0 spiro atoms. The summed E-state index contributed by atoms with van der Waals surface area (Å²) in [5.74, 6) is -0.758. The number of aromatic nitrogens is 3. The van der Waals surface area contributed by atoms with Crippen LogP contribution < -0.4 is 10.6 Å². The third kappa shape index (κ3) is 5.27. The Morgan fingerprint density at radius 3 is 2.75 bits per heavy atom. The normalized spacial score (nSPS) is 20.3. The second-order valence-electron chi connectivity index (χ2n) is 9.88. The topological polar surface area (TPSA) is 95.3 Å². The standard InChI is InChI=1S/C27H33FN6O2/c1-3-33-7-6-25(20(14-33)16-35)31-22-9-18(11-29-13-22)19-12-30-34(15-19)26-10-23(24(28)8-17(26)2)27(36)32-21-4-5-21/h8-13,15,20-21,25,31,35H,3-7,14,16H2,1-2H3,(H,32,36)/t20-,25-/m0/s1. The highest BCUT2D eigenvalue weighted by atomic mass is 19.1. The molecule has 0 bridgehead atoms. The number of aliphatic hydroxyl groups excluding tert-OH is 1. The predicted molar refractivity (Wildman–Crippen MR) is 137 cm³/mol. The summed E-state index contributed by atoms with van der Waals surface area (Å²) in [6.45, 7) is 6.96. The summed E-state index contributed by atoms with van der Waals surface area (Å²) < 4.78 is 16.2. The minimum absolute atomic E-state index is 0.0278. The van der Waals surface area contributed by atoms with E-state index in [1.54, 1.807) is 36.3 Å². The first-order chi connectivity index (χ1) is 17.4. The van der Waals surface area contributed by atoms with Crippen molar-refractivity contribution in [3.8, 4) is 16.8 Å². The van der Waals surface area contributed by atoms with Crippen molar-refractivity contribution in [2.45, 2.75) is 45.2 Å². The number of piperidine rings is 1. The lowest BCUT2D eigenvalue weighted by Crippen LogP contribution is -2.47. The van der Waals surface area contributed by atoms with E-state index in [2.05, 4.69) is 32.5 Å². The van der Waals surface area contributed by atoms with Crippen LogP contribution in [-0.2, 0) is 0 Å². The molecule has 2 aliphatic rings. The molecule has 0 radical (unpaired) electrons. The highest BCUT2D eigenvalue weighted by Gasteiger charge is 2.28. The van der Waals surface area contributed by atoms with Crippen molar-refractivity contribution >= 4 is 11.6 Å². The highest BCUT2D eigenvalue weighted by Crippen LogP contribution is 2.27. The van der Waals surface area contributed by atoms with E-state index in [0.29, 0.717) is 11.3 Å². The number of aryl methyl sites for hydroxylation is 1. The number of carbonyl (C=O) groups excluding carboxylic acids is 1. The van der Waals surface area contributed by atoms with E-state index in [0.717, 1.165) is 55.7 Å². The van der Waals surface area contributed by atoms with Crippen LogP contribution in [0.25, 0.3) is 16.8 Å². The monoisotopic (exact) mass is 492 g/mol. The van der Waals surface area contributed by atoms with E-state index in [4.69, 9.17) is 0 Å². The number of anilines is 1. The van der Waals surface area contributed by atoms with Crippen molar-refractivity contribution in [1.29, 1.82) is 0 Å². The molecule has 1 aliphatic heterocycles. The fourth-order valence-electron chi connectivity index (χ4n) is 4.84. The lowest BCUT2D eigenvalue weighted by Gasteiger charge is -2.38. The van der Waals surface area contributed by atoms with Crippen LogP contribution >= 0.6 is 0 Å². The minimum Gasteiger partial charge on any atom is -0.396 e. The molecule has 1 aromatic carbocycles. The lowest BCUT2D eigenvalue weighted by molar-refractivity contribution is 0.0947. The van der Waals surface area contributed by atoms with Crippen molar-refractivity contribution in [3.63, 3.8) is 0 Å². The number of pyridine rings is 1. The van der Waals surface area contributed by atoms with Crippen LogP contribution in [0.3, 0.4) is 0 Å². The molecule has 3 heterocycles. The number of aliphatic hydroxyl groups is 1. The number of halogens is 1. The number of amides is 1. The van der Waals surface area contributed by atoms with E-state index in [9.17, 15) is 14.3 Å². The Hall–Kier alpha value is -3.30. The van der Waals surface area contributed by atoms with Gasteiger partial charge in [0.25, 0.3) is 5.91 Å². The van der Waals surface area contributed by atoms with Crippen LogP contribution in [0.5, 0.6) is 0 Å². The smallest absolute Gasteiger partial charge is 0.254 e. The maximum atomic E-state index is 14.5. The molecule has 3 aromatic rings. The summed E-state index contributed by atoms with van der Waals surface area (Å²) in [6, 6.07) is 5.30. The molecule has 1 aliphatic carbocycles. The summed E-state index contributed by atoms with van der Waals surface area (Å²) in [6.07, 6.45) is 10.0. The largest absolute Gasteiger partial charge is 0.396 e. The Bertz CT molecular complexity index is 1240. The molecule has 190 valence electrons. The number of likely N-dealkylation sites (tertiary alicyclic amines) is 1. The molecule has 2 atom stereocenters. The van der Waals surface area contributed by atoms with Gasteiger partial charge in [0.2, 0.25) is 0 Å². The zero-order chi connectivity index (χ0) is 25.2. The van der Waals surface area contributed by atoms with Crippen LogP contribution in [0.15, 0.2) is 43.0 Å². The van der Waals surface area contributed by atoms with Gasteiger partial charge in [-0.25, -0.2) is 9.07 Å². The number of hydrogen-bond acceptors (Lipinski definition) is 6. The first-order valence-electron chi connectivity index (χ1n) is 12.7. The first-order valence-corrected chi connectivity index (χ1v) is 12.7. The molecule has 1 saturated heterocycles. The maximum absolute atomic E-state index is 14.5. The number of hydrogen-bond donors (Lipinski definition) is 3. The van der Waals surface area contributed by atoms with Gasteiger partial charge >= 0.3 is 0 Å². The Labute approximate surface area is 210 Å². The van der Waals surface area contributed by atoms with Gasteiger partial charge in [0, 0.05) is 67.4 Å². The lowest BCUT2D eigenvalue weighted by atomic mass is 9.92. The van der Waals surface area contributed by atoms with Crippen LogP contribution in [0, 0.1) is 18.7 Å². The number of rotatable bonds is 8. The number of carbonyl (C=O) groups is 1. The predicted octanol–water partition coefficient (Wildman–Crippen LogP) is 3.39. The Kier molecular flexibility index (Phi) is 7.02. The van der Waals surface area contributed by atoms with Gasteiger partial charge in [0.05, 0.1) is 23.1 Å². The molecule has 3 N–H and O–H groups in total. The Balaban J connectivity index is 1.35. The molecule has 1 amide bonds. The van der Waals surface area contributed by atoms with Gasteiger partial charge in [0.15, 0.2) is 0 Å². The SMILES string of the molecule is CCN1CC[C@H](Nc2cncc(-c3cnn(-c4cc(C(=O)NC5CC5)c(F)cc4C)c3)c2)[C@H](CO)C1. The molecule has 0 unspecified atom stereocenters. The van der Waals surface area contributed by atoms with Crippen molar-refractivity contribution in [3.05, 3.63) is 59.9 Å². The first kappa shape index (κ1) is 24.4. The minimum atomic E-state index is -0.532. The molecular weight excluding hydrogens is 459 g/mol. The van der Waals surface area contributed by atoms with E-state index in [-0.39, 0.29) is 30.2 Å². The molecule has 2 fully saturated rings. The molecule has 36 heavy (non-hydrogen) atoms. The van der Waals surface area contributed by atoms with E-state index in [1.807, 2.05) is 12.3 Å². The van der Waals surface area contributed by atoms with Crippen LogP contribution in [0.2, 0.25) is 0 Å². The van der Waals surface area contributed by atoms with Gasteiger partial charge in [-0.1, -0.05) is 6.92 Å².